The molecule has 0 aromatic heterocycles. The topological polar surface area (TPSA) is 443 Å². The number of aliphatic hydroxyl groups excluding tert-OH is 1. The summed E-state index contributed by atoms with van der Waals surface area (Å²) in [6, 6.07) is 8.50. The van der Waals surface area contributed by atoms with Crippen LogP contribution in [-0.4, -0.2) is 178 Å². The molecule has 102 heavy (non-hydrogen) atoms. The van der Waals surface area contributed by atoms with Gasteiger partial charge in [0.2, 0.25) is 41.4 Å². The molecular formula is C74H99N13O15. The number of amides is 11. The number of guanidine groups is 1. The number of aliphatic hydroxyl groups is 1. The lowest BCUT2D eigenvalue weighted by Gasteiger charge is -2.32. The number of carbonyl (C=O) groups is 13. The number of nitrogens with zero attached hydrogens (tertiary/aromatic N) is 3. The van der Waals surface area contributed by atoms with Gasteiger partial charge in [-0.05, 0) is 128 Å². The first kappa shape index (κ1) is 79.2. The fraction of sp³-hybridized carbons (Fsp3) is 0.514. The Labute approximate surface area is 594 Å². The van der Waals surface area contributed by atoms with Crippen LogP contribution in [0, 0.1) is 29.6 Å². The molecule has 3 aromatic carbocycles. The molecule has 28 heteroatoms. The number of nitrogens with one attached hydrogen (secondary N) is 7. The monoisotopic (exact) mass is 1410 g/mol. The number of phenolic OH excluding ortho intramolecular Hbond substituents is 1. The van der Waals surface area contributed by atoms with Crippen LogP contribution < -0.4 is 54.4 Å². The second-order valence-corrected chi connectivity index (χ2v) is 27.6. The molecule has 0 radical (unpaired) electrons. The van der Waals surface area contributed by atoms with Crippen LogP contribution in [0.2, 0.25) is 0 Å². The zero-order valence-corrected chi connectivity index (χ0v) is 58.9. The van der Waals surface area contributed by atoms with Crippen molar-refractivity contribution in [1.82, 2.24) is 47.0 Å². The summed E-state index contributed by atoms with van der Waals surface area (Å²) in [5.74, 6) is -15.1. The summed E-state index contributed by atoms with van der Waals surface area (Å²) in [4.78, 5) is 195. The Kier molecular flexibility index (Phi) is 29.1. The lowest BCUT2D eigenvalue weighted by Crippen LogP contribution is -2.62. The van der Waals surface area contributed by atoms with Crippen molar-refractivity contribution in [3.8, 4) is 5.75 Å². The molecule has 0 unspecified atom stereocenters. The van der Waals surface area contributed by atoms with Crippen LogP contribution in [0.3, 0.4) is 0 Å². The fourth-order valence-corrected chi connectivity index (χ4v) is 13.4. The van der Waals surface area contributed by atoms with Crippen LogP contribution >= 0.6 is 0 Å². The van der Waals surface area contributed by atoms with Crippen molar-refractivity contribution in [2.24, 2.45) is 51.8 Å². The van der Waals surface area contributed by atoms with E-state index in [1.807, 2.05) is 61.5 Å². The normalized spacial score (nSPS) is 24.8. The Balaban J connectivity index is 1.30. The number of Topliss-reactive ketones (excluding diaryl/α,β-unsaturated/α-hetero) is 3. The number of aromatic hydroxyl groups is 1. The van der Waals surface area contributed by atoms with Crippen molar-refractivity contribution in [3.63, 3.8) is 0 Å². The van der Waals surface area contributed by atoms with E-state index in [9.17, 15) is 53.4 Å². The number of aliphatic imine (C=N–C) groups is 1. The number of benzene rings is 3. The van der Waals surface area contributed by atoms with E-state index in [2.05, 4.69) is 42.2 Å². The number of urea groups is 1. The Morgan fingerprint density at radius 1 is 0.627 bits per heavy atom. The number of primary amides is 1. The lowest BCUT2D eigenvalue weighted by molar-refractivity contribution is -0.149. The van der Waals surface area contributed by atoms with Gasteiger partial charge in [-0.25, -0.2) is 4.79 Å². The van der Waals surface area contributed by atoms with Gasteiger partial charge in [0, 0.05) is 82.6 Å². The first-order valence-electron chi connectivity index (χ1n) is 35.1. The van der Waals surface area contributed by atoms with E-state index in [-0.39, 0.29) is 82.2 Å². The van der Waals surface area contributed by atoms with Gasteiger partial charge in [0.1, 0.15) is 41.5 Å². The third-order valence-corrected chi connectivity index (χ3v) is 19.5. The van der Waals surface area contributed by atoms with Crippen LogP contribution in [0.5, 0.6) is 5.75 Å². The summed E-state index contributed by atoms with van der Waals surface area (Å²) in [5, 5.41) is 38.8. The standard InChI is InChI=1S/C74H99N13O15/c1-7-42(4)55-38-61(91)49(17-14-28-78-73(76)77)35-60(90)50(32-44-20-26-52(89)27-21-44)36-62(92)56(34-48-25-23-46-16-9-11-19-54(46)48)80-70(99)59(40-88)82-68(97)58(39-63(75)93)81-66(95)43(5)86(6)71(100)65(72(101)87-29-12-13-30-87)85-69(98)57(31-41(2)3)83-74(102)84-64(94)37-51(79-67(55)96)33-47-24-22-45-15-8-10-18-53(45)47/h8-11,15-16,18-21,24-27,41-43,49-51,55-59,65,88-89H,7,12-14,17,22-23,28-40H2,1-6H3,(H2,75,93)(H,79,96)(H,80,99)(H,81,95)(H,82,97)(H,85,98)(H4,76,77,78)(H2,83,84,94,102)/t42-,43-,49+,50+,51-,55-,56-,57-,58-,59-,65-/m0/s1. The SMILES string of the molecule is CC[C@H](C)[C@@H]1CC(=O)[C@H](CCCN=C(N)N)CC(=O)[C@H](Cc2ccc(O)cc2)CC(=O)[C@H](CC2=CCc3ccccc32)NC(=O)[C@H](CO)NC(=O)[C@H](CC(N)=O)NC(=O)[C@H](C)N(C)C(=O)[C@@H](C(=O)N2CCCC2)NC(=O)[C@H](CC(C)C)NC(=O)NC(=O)C[C@H](CC2=CCc3ccccc32)NC1=O. The van der Waals surface area contributed by atoms with Gasteiger partial charge in [0.25, 0.3) is 11.8 Å². The summed E-state index contributed by atoms with van der Waals surface area (Å²) in [5.41, 5.74) is 22.5. The van der Waals surface area contributed by atoms with Gasteiger partial charge in [-0.3, -0.25) is 67.8 Å². The first-order chi connectivity index (χ1) is 48.5. The lowest BCUT2D eigenvalue weighted by atomic mass is 9.79. The predicted octanol–water partition coefficient (Wildman–Crippen LogP) is 2.23. The molecule has 2 aliphatic carbocycles. The number of fused-ring (bicyclic) bond motifs is 2. The van der Waals surface area contributed by atoms with Gasteiger partial charge in [-0.15, -0.1) is 0 Å². The Hall–Kier alpha value is -10.1. The number of hydrogen-bond acceptors (Lipinski definition) is 16. The van der Waals surface area contributed by atoms with Crippen molar-refractivity contribution in [1.29, 1.82) is 0 Å². The van der Waals surface area contributed by atoms with Gasteiger partial charge in [0.15, 0.2) is 17.8 Å². The largest absolute Gasteiger partial charge is 0.508 e. The summed E-state index contributed by atoms with van der Waals surface area (Å²) >= 11 is 0. The highest BCUT2D eigenvalue weighted by Gasteiger charge is 2.42. The number of hydrogen-bond donors (Lipinski definition) is 12. The highest BCUT2D eigenvalue weighted by Crippen LogP contribution is 2.34. The zero-order chi connectivity index (χ0) is 74.5. The molecule has 0 saturated carbocycles. The van der Waals surface area contributed by atoms with Gasteiger partial charge in [-0.2, -0.15) is 0 Å². The second-order valence-electron chi connectivity index (χ2n) is 27.6. The maximum absolute atomic E-state index is 15.3. The number of imide groups is 1. The third kappa shape index (κ3) is 22.4. The molecule has 550 valence electrons. The maximum atomic E-state index is 15.3. The van der Waals surface area contributed by atoms with Crippen LogP contribution in [0.15, 0.2) is 89.9 Å². The highest BCUT2D eigenvalue weighted by atomic mass is 16.3. The van der Waals surface area contributed by atoms with E-state index in [1.165, 1.54) is 24.0 Å². The minimum absolute atomic E-state index is 0.0458. The average Bonchev–Trinajstić information content (AvgIpc) is 1.76. The van der Waals surface area contributed by atoms with E-state index in [0.29, 0.717) is 43.2 Å². The summed E-state index contributed by atoms with van der Waals surface area (Å²) in [6.07, 6.45) is 3.69. The minimum Gasteiger partial charge on any atom is -0.508 e. The number of allylic oxidation sites excluding steroid dienone is 2. The molecule has 15 N–H and O–H groups in total. The molecule has 2 heterocycles. The van der Waals surface area contributed by atoms with Crippen LogP contribution in [0.25, 0.3) is 11.1 Å². The first-order valence-corrected chi connectivity index (χ1v) is 35.1. The average molecular weight is 1410 g/mol. The smallest absolute Gasteiger partial charge is 0.322 e. The van der Waals surface area contributed by atoms with Crippen molar-refractivity contribution in [2.45, 2.75) is 180 Å². The van der Waals surface area contributed by atoms with Gasteiger partial charge < -0.3 is 69.1 Å². The quantitative estimate of drug-likeness (QED) is 0.0376. The minimum atomic E-state index is -2.00. The van der Waals surface area contributed by atoms with Crippen LogP contribution in [0.1, 0.15) is 146 Å². The number of nitrogens with two attached hydrogens (primary N) is 3. The van der Waals surface area contributed by atoms with Crippen molar-refractivity contribution in [3.05, 3.63) is 113 Å². The van der Waals surface area contributed by atoms with Crippen LogP contribution in [0.4, 0.5) is 4.79 Å². The molecular weight excluding hydrogens is 1310 g/mol. The van der Waals surface area contributed by atoms with Crippen molar-refractivity contribution < 1.29 is 72.5 Å². The highest BCUT2D eigenvalue weighted by molar-refractivity contribution is 6.09. The van der Waals surface area contributed by atoms with Gasteiger partial charge in [0.05, 0.1) is 19.1 Å². The molecule has 0 bridgehead atoms. The Bertz CT molecular complexity index is 3690. The zero-order valence-electron chi connectivity index (χ0n) is 58.9. The molecule has 2 aliphatic heterocycles. The van der Waals surface area contributed by atoms with Crippen LogP contribution in [-0.2, 0) is 76.8 Å². The molecule has 7 rings (SSSR count). The van der Waals surface area contributed by atoms with E-state index < -0.39 is 175 Å². The number of carbonyl (C=O) groups excluding carboxylic acids is 13. The Morgan fingerprint density at radius 2 is 1.20 bits per heavy atom. The molecule has 2 saturated heterocycles. The number of phenols is 1. The fourth-order valence-electron chi connectivity index (χ4n) is 13.4. The van der Waals surface area contributed by atoms with Crippen molar-refractivity contribution in [2.75, 3.05) is 33.3 Å². The molecule has 2 fully saturated rings. The summed E-state index contributed by atoms with van der Waals surface area (Å²) < 4.78 is 0. The van der Waals surface area contributed by atoms with E-state index in [4.69, 9.17) is 17.2 Å². The number of ketones is 3. The third-order valence-electron chi connectivity index (χ3n) is 19.5. The molecule has 28 nitrogen and oxygen atoms in total. The molecule has 11 amide bonds. The van der Waals surface area contributed by atoms with Crippen molar-refractivity contribution >= 4 is 93.7 Å². The van der Waals surface area contributed by atoms with Gasteiger partial charge >= 0.3 is 6.03 Å². The second kappa shape index (κ2) is 37.5. The van der Waals surface area contributed by atoms with E-state index >= 15 is 19.2 Å². The van der Waals surface area contributed by atoms with Gasteiger partial charge in [-0.1, -0.05) is 107 Å². The van der Waals surface area contributed by atoms with E-state index in [1.54, 1.807) is 39.0 Å². The predicted molar refractivity (Wildman–Crippen MR) is 379 cm³/mol. The molecule has 3 aromatic rings. The molecule has 11 atom stereocenters. The summed E-state index contributed by atoms with van der Waals surface area (Å²) in [7, 11) is 1.15. The maximum Gasteiger partial charge on any atom is 0.322 e. The molecule has 4 aliphatic rings. The number of likely N-dealkylation sites (tertiary alicyclic amines) is 1. The Morgan fingerprint density at radius 3 is 1.79 bits per heavy atom. The number of likely N-dealkylation sites (N-methyl/N-ethyl adjacent to an activating group) is 1. The summed E-state index contributed by atoms with van der Waals surface area (Å²) in [6.45, 7) is 7.73. The van der Waals surface area contributed by atoms with E-state index in [0.717, 1.165) is 39.8 Å². The molecule has 0 spiro atoms. The number of rotatable bonds is 18.